The largest absolute Gasteiger partial charge is 0.424 e. The lowest BCUT2D eigenvalue weighted by Crippen LogP contribution is -2.51. The predicted octanol–water partition coefficient (Wildman–Crippen LogP) is 2.05. The average molecular weight is 312 g/mol. The maximum Gasteiger partial charge on any atom is 0.230 e. The van der Waals surface area contributed by atoms with Crippen molar-refractivity contribution in [3.63, 3.8) is 0 Å². The molecule has 23 heavy (non-hydrogen) atoms. The highest BCUT2D eigenvalue weighted by molar-refractivity contribution is 5.30. The van der Waals surface area contributed by atoms with Gasteiger partial charge in [0, 0.05) is 39.1 Å². The third-order valence-electron chi connectivity index (χ3n) is 5.17. The van der Waals surface area contributed by atoms with E-state index in [1.165, 1.54) is 19.3 Å². The van der Waals surface area contributed by atoms with E-state index in [2.05, 4.69) is 44.3 Å². The molecule has 5 heteroatoms. The number of hydrogen-bond donors (Lipinski definition) is 0. The number of piperazine rings is 1. The number of benzene rings is 1. The maximum atomic E-state index is 5.49. The fraction of sp³-hybridized carbons (Fsp3) is 0.556. The summed E-state index contributed by atoms with van der Waals surface area (Å²) >= 11 is 0. The number of fused-ring (bicyclic) bond motifs is 1. The van der Waals surface area contributed by atoms with Crippen molar-refractivity contribution in [2.75, 3.05) is 26.2 Å². The highest BCUT2D eigenvalue weighted by Gasteiger charge is 2.27. The molecule has 0 amide bonds. The molecule has 4 rings (SSSR count). The lowest BCUT2D eigenvalue weighted by molar-refractivity contribution is 0.0806. The molecule has 1 aromatic heterocycles. The highest BCUT2D eigenvalue weighted by atomic mass is 16.4. The Morgan fingerprint density at radius 1 is 1.09 bits per heavy atom. The van der Waals surface area contributed by atoms with Crippen LogP contribution in [0.15, 0.2) is 28.7 Å². The minimum absolute atomic E-state index is 0.652. The molecule has 1 aromatic carbocycles. The molecule has 1 fully saturated rings. The zero-order valence-electron chi connectivity index (χ0n) is 13.7. The summed E-state index contributed by atoms with van der Waals surface area (Å²) in [6, 6.07) is 9.63. The van der Waals surface area contributed by atoms with Gasteiger partial charge >= 0.3 is 0 Å². The first-order chi connectivity index (χ1) is 11.3. The number of rotatable bonds is 3. The molecule has 0 saturated carbocycles. The van der Waals surface area contributed by atoms with Crippen molar-refractivity contribution in [1.82, 2.24) is 20.0 Å². The van der Waals surface area contributed by atoms with Crippen LogP contribution in [0.4, 0.5) is 0 Å². The Morgan fingerprint density at radius 3 is 2.61 bits per heavy atom. The topological polar surface area (TPSA) is 45.4 Å². The predicted molar refractivity (Wildman–Crippen MR) is 88.1 cm³/mol. The molecular weight excluding hydrogens is 288 g/mol. The van der Waals surface area contributed by atoms with Gasteiger partial charge in [-0.25, -0.2) is 0 Å². The zero-order chi connectivity index (χ0) is 15.6. The van der Waals surface area contributed by atoms with Crippen LogP contribution >= 0.6 is 0 Å². The molecule has 0 radical (unpaired) electrons. The maximum absolute atomic E-state index is 5.49. The molecule has 1 aliphatic heterocycles. The normalized spacial score (nSPS) is 22.9. The van der Waals surface area contributed by atoms with Crippen LogP contribution in [0.5, 0.6) is 0 Å². The van der Waals surface area contributed by atoms with Crippen LogP contribution in [-0.4, -0.2) is 52.2 Å². The number of nitrogens with zero attached hydrogens (tertiary/aromatic N) is 4. The lowest BCUT2D eigenvalue weighted by Gasteiger charge is -2.40. The van der Waals surface area contributed by atoms with E-state index in [0.29, 0.717) is 11.9 Å². The Balaban J connectivity index is 1.32. The molecule has 2 aromatic rings. The van der Waals surface area contributed by atoms with E-state index in [1.807, 2.05) is 6.92 Å². The van der Waals surface area contributed by atoms with Crippen LogP contribution in [-0.2, 0) is 19.4 Å². The average Bonchev–Trinajstić information content (AvgIpc) is 3.00. The van der Waals surface area contributed by atoms with Gasteiger partial charge in [-0.2, -0.15) is 0 Å². The summed E-state index contributed by atoms with van der Waals surface area (Å²) in [5.74, 6) is 1.39. The molecule has 0 bridgehead atoms. The van der Waals surface area contributed by atoms with Crippen molar-refractivity contribution < 1.29 is 4.42 Å². The zero-order valence-corrected chi connectivity index (χ0v) is 13.7. The molecule has 2 heterocycles. The molecule has 2 aliphatic rings. The molecule has 1 aliphatic carbocycles. The van der Waals surface area contributed by atoms with Crippen LogP contribution in [0.1, 0.15) is 29.3 Å². The van der Waals surface area contributed by atoms with Crippen molar-refractivity contribution in [2.24, 2.45) is 0 Å². The van der Waals surface area contributed by atoms with Crippen LogP contribution < -0.4 is 0 Å². The first-order valence-corrected chi connectivity index (χ1v) is 8.60. The molecule has 122 valence electrons. The second-order valence-electron chi connectivity index (χ2n) is 6.69. The van der Waals surface area contributed by atoms with Gasteiger partial charge in [-0.1, -0.05) is 24.3 Å². The second kappa shape index (κ2) is 6.42. The van der Waals surface area contributed by atoms with Crippen LogP contribution in [0.2, 0.25) is 0 Å². The SMILES string of the molecule is Cc1nnc(CN2CCN([C@@H]3CCc4ccccc4C3)CC2)o1. The minimum atomic E-state index is 0.652. The van der Waals surface area contributed by atoms with Crippen molar-refractivity contribution in [2.45, 2.75) is 38.8 Å². The van der Waals surface area contributed by atoms with Crippen molar-refractivity contribution >= 4 is 0 Å². The van der Waals surface area contributed by atoms with Gasteiger partial charge in [-0.3, -0.25) is 9.80 Å². The van der Waals surface area contributed by atoms with Crippen LogP contribution in [0, 0.1) is 6.92 Å². The second-order valence-corrected chi connectivity index (χ2v) is 6.69. The number of aryl methyl sites for hydroxylation is 2. The Labute approximate surface area is 137 Å². The summed E-state index contributed by atoms with van der Waals surface area (Å²) in [5, 5.41) is 8.01. The molecule has 1 atom stereocenters. The Bertz CT molecular complexity index is 661. The molecular formula is C18H24N4O. The monoisotopic (exact) mass is 312 g/mol. The van der Waals surface area contributed by atoms with E-state index in [0.717, 1.165) is 38.6 Å². The van der Waals surface area contributed by atoms with Crippen molar-refractivity contribution in [1.29, 1.82) is 0 Å². The molecule has 0 N–H and O–H groups in total. The third-order valence-corrected chi connectivity index (χ3v) is 5.17. The van der Waals surface area contributed by atoms with Gasteiger partial charge in [0.2, 0.25) is 11.8 Å². The fourth-order valence-electron chi connectivity index (χ4n) is 3.87. The summed E-state index contributed by atoms with van der Waals surface area (Å²) in [7, 11) is 0. The summed E-state index contributed by atoms with van der Waals surface area (Å²) in [6.45, 7) is 7.07. The van der Waals surface area contributed by atoms with Gasteiger partial charge in [0.25, 0.3) is 0 Å². The van der Waals surface area contributed by atoms with Gasteiger partial charge in [-0.15, -0.1) is 10.2 Å². The standard InChI is InChI=1S/C18H24N4O/c1-14-19-20-18(23-14)13-21-8-10-22(11-9-21)17-7-6-15-4-2-3-5-16(15)12-17/h2-5,17H,6-13H2,1H3/t17-/m1/s1. The van der Waals surface area contributed by atoms with Crippen molar-refractivity contribution in [3.05, 3.63) is 47.2 Å². The smallest absolute Gasteiger partial charge is 0.230 e. The summed E-state index contributed by atoms with van der Waals surface area (Å²) in [4.78, 5) is 5.09. The Hall–Kier alpha value is -1.72. The fourth-order valence-corrected chi connectivity index (χ4v) is 3.87. The van der Waals surface area contributed by atoms with Gasteiger partial charge in [-0.05, 0) is 30.4 Å². The number of aromatic nitrogens is 2. The highest BCUT2D eigenvalue weighted by Crippen LogP contribution is 2.25. The van der Waals surface area contributed by atoms with E-state index < -0.39 is 0 Å². The minimum Gasteiger partial charge on any atom is -0.424 e. The quantitative estimate of drug-likeness (QED) is 0.868. The molecule has 1 saturated heterocycles. The van der Waals surface area contributed by atoms with E-state index >= 15 is 0 Å². The van der Waals surface area contributed by atoms with E-state index in [9.17, 15) is 0 Å². The van der Waals surface area contributed by atoms with Gasteiger partial charge < -0.3 is 4.42 Å². The lowest BCUT2D eigenvalue weighted by atomic mass is 9.87. The first-order valence-electron chi connectivity index (χ1n) is 8.60. The van der Waals surface area contributed by atoms with Gasteiger partial charge in [0.15, 0.2) is 0 Å². The van der Waals surface area contributed by atoms with Crippen molar-refractivity contribution in [3.8, 4) is 0 Å². The Morgan fingerprint density at radius 2 is 1.87 bits per heavy atom. The molecule has 0 unspecified atom stereocenters. The van der Waals surface area contributed by atoms with E-state index in [4.69, 9.17) is 4.42 Å². The van der Waals surface area contributed by atoms with Crippen LogP contribution in [0.3, 0.4) is 0 Å². The summed E-state index contributed by atoms with van der Waals surface area (Å²) < 4.78 is 5.49. The number of hydrogen-bond acceptors (Lipinski definition) is 5. The first kappa shape index (κ1) is 14.8. The summed E-state index contributed by atoms with van der Waals surface area (Å²) in [5.41, 5.74) is 3.10. The van der Waals surface area contributed by atoms with Gasteiger partial charge in [0.1, 0.15) is 0 Å². The Kier molecular flexibility index (Phi) is 4.14. The van der Waals surface area contributed by atoms with Crippen LogP contribution in [0.25, 0.3) is 0 Å². The molecule has 5 nitrogen and oxygen atoms in total. The van der Waals surface area contributed by atoms with E-state index in [1.54, 1.807) is 11.1 Å². The summed E-state index contributed by atoms with van der Waals surface area (Å²) in [6.07, 6.45) is 3.72. The van der Waals surface area contributed by atoms with E-state index in [-0.39, 0.29) is 0 Å². The molecule has 0 spiro atoms. The third kappa shape index (κ3) is 3.31. The van der Waals surface area contributed by atoms with Gasteiger partial charge in [0.05, 0.1) is 6.54 Å².